The van der Waals surface area contributed by atoms with Gasteiger partial charge in [0, 0.05) is 12.6 Å². The summed E-state index contributed by atoms with van der Waals surface area (Å²) in [6, 6.07) is 16.6. The zero-order valence-corrected chi connectivity index (χ0v) is 20.7. The second-order valence-electron chi connectivity index (χ2n) is 9.20. The minimum Gasteiger partial charge on any atom is -0.454 e. The zero-order valence-electron chi connectivity index (χ0n) is 19.9. The van der Waals surface area contributed by atoms with Crippen LogP contribution in [-0.4, -0.2) is 29.5 Å². The van der Waals surface area contributed by atoms with Gasteiger partial charge in [-0.1, -0.05) is 55.7 Å². The van der Waals surface area contributed by atoms with Crippen molar-refractivity contribution in [3.63, 3.8) is 0 Å². The summed E-state index contributed by atoms with van der Waals surface area (Å²) < 4.78 is 11.0. The summed E-state index contributed by atoms with van der Waals surface area (Å²) in [5.74, 6) is 1.06. The fraction of sp³-hybridized carbons (Fsp3) is 0.357. The molecule has 0 radical (unpaired) electrons. The molecule has 1 aliphatic carbocycles. The molecule has 2 amide bonds. The molecule has 0 bridgehead atoms. The Morgan fingerprint density at radius 3 is 2.60 bits per heavy atom. The van der Waals surface area contributed by atoms with Gasteiger partial charge >= 0.3 is 0 Å². The minimum absolute atomic E-state index is 0.128. The van der Waals surface area contributed by atoms with E-state index in [0.29, 0.717) is 16.4 Å². The molecule has 35 heavy (non-hydrogen) atoms. The first kappa shape index (κ1) is 23.4. The quantitative estimate of drug-likeness (QED) is 0.467. The van der Waals surface area contributed by atoms with Crippen LogP contribution in [0.2, 0.25) is 0 Å². The van der Waals surface area contributed by atoms with Crippen LogP contribution in [0.5, 0.6) is 11.5 Å². The maximum atomic E-state index is 13.9. The number of carbonyl (C=O) groups is 2. The molecule has 1 unspecified atom stereocenters. The normalized spacial score (nSPS) is 16.0. The highest BCUT2D eigenvalue weighted by atomic mass is 32.1. The monoisotopic (exact) mass is 490 g/mol. The summed E-state index contributed by atoms with van der Waals surface area (Å²) in [6.07, 6.45) is 5.41. The van der Waals surface area contributed by atoms with Crippen molar-refractivity contribution in [1.29, 1.82) is 0 Å². The third-order valence-corrected chi connectivity index (χ3v) is 7.64. The van der Waals surface area contributed by atoms with Gasteiger partial charge in [-0.15, -0.1) is 11.3 Å². The molecule has 0 spiro atoms. The van der Waals surface area contributed by atoms with E-state index in [1.807, 2.05) is 66.9 Å². The van der Waals surface area contributed by atoms with E-state index >= 15 is 0 Å². The minimum atomic E-state index is -0.752. The molecule has 182 valence electrons. The fourth-order valence-electron chi connectivity index (χ4n) is 4.93. The third-order valence-electron chi connectivity index (χ3n) is 6.78. The predicted molar refractivity (Wildman–Crippen MR) is 136 cm³/mol. The Kier molecular flexibility index (Phi) is 7.04. The van der Waals surface area contributed by atoms with Crippen LogP contribution in [0.25, 0.3) is 0 Å². The summed E-state index contributed by atoms with van der Waals surface area (Å²) in [5.41, 5.74) is 2.70. The Bertz CT molecular complexity index is 1190. The van der Waals surface area contributed by atoms with Crippen LogP contribution in [0.4, 0.5) is 0 Å². The van der Waals surface area contributed by atoms with Gasteiger partial charge in [0.15, 0.2) is 11.5 Å². The molecule has 2 aliphatic rings. The molecule has 1 aliphatic heterocycles. The topological polar surface area (TPSA) is 67.9 Å². The van der Waals surface area contributed by atoms with E-state index in [1.54, 1.807) is 4.90 Å². The van der Waals surface area contributed by atoms with E-state index in [1.165, 1.54) is 17.8 Å². The fourth-order valence-corrected chi connectivity index (χ4v) is 5.61. The molecule has 1 fully saturated rings. The van der Waals surface area contributed by atoms with Gasteiger partial charge in [-0.2, -0.15) is 0 Å². The molecule has 0 saturated heterocycles. The van der Waals surface area contributed by atoms with Crippen LogP contribution in [0.15, 0.2) is 60.0 Å². The standard InChI is InChI=1S/C28H30N2O4S/c1-19-8-5-6-11-22(19)26(27(31)29-21-9-3-2-4-10-21)30(28(32)25-12-7-15-35-25)17-20-13-14-23-24(16-20)34-18-33-23/h5-8,11-16,21,26H,2-4,9-10,17-18H2,1H3,(H,29,31). The zero-order chi connectivity index (χ0) is 24.2. The van der Waals surface area contributed by atoms with Crippen LogP contribution in [-0.2, 0) is 11.3 Å². The highest BCUT2D eigenvalue weighted by molar-refractivity contribution is 7.12. The van der Waals surface area contributed by atoms with Crippen LogP contribution in [0.3, 0.4) is 0 Å². The van der Waals surface area contributed by atoms with Crippen LogP contribution < -0.4 is 14.8 Å². The smallest absolute Gasteiger partial charge is 0.265 e. The van der Waals surface area contributed by atoms with E-state index < -0.39 is 6.04 Å². The number of amides is 2. The first-order chi connectivity index (χ1) is 17.1. The number of ether oxygens (including phenoxy) is 2. The van der Waals surface area contributed by atoms with E-state index in [0.717, 1.165) is 42.4 Å². The average Bonchev–Trinajstić information content (AvgIpc) is 3.57. The molecule has 3 aromatic rings. The number of aryl methyl sites for hydroxylation is 1. The van der Waals surface area contributed by atoms with Gasteiger partial charge in [0.25, 0.3) is 5.91 Å². The van der Waals surface area contributed by atoms with E-state index in [2.05, 4.69) is 5.32 Å². The first-order valence-electron chi connectivity index (χ1n) is 12.2. The van der Waals surface area contributed by atoms with Crippen molar-refractivity contribution in [3.05, 3.63) is 81.5 Å². The molecule has 5 rings (SSSR count). The molecule has 6 nitrogen and oxygen atoms in total. The van der Waals surface area contributed by atoms with Gasteiger partial charge in [-0.3, -0.25) is 9.59 Å². The molecule has 7 heteroatoms. The van der Waals surface area contributed by atoms with Crippen molar-refractivity contribution in [3.8, 4) is 11.5 Å². The lowest BCUT2D eigenvalue weighted by Gasteiger charge is -2.34. The van der Waals surface area contributed by atoms with Gasteiger partial charge < -0.3 is 19.7 Å². The van der Waals surface area contributed by atoms with Crippen molar-refractivity contribution in [1.82, 2.24) is 10.2 Å². The van der Waals surface area contributed by atoms with Crippen molar-refractivity contribution >= 4 is 23.2 Å². The van der Waals surface area contributed by atoms with Gasteiger partial charge in [-0.25, -0.2) is 0 Å². The van der Waals surface area contributed by atoms with Gasteiger partial charge in [0.2, 0.25) is 12.7 Å². The SMILES string of the molecule is Cc1ccccc1C(C(=O)NC1CCCCC1)N(Cc1ccc2c(c1)OCO2)C(=O)c1cccs1. The van der Waals surface area contributed by atoms with Crippen molar-refractivity contribution in [2.75, 3.05) is 6.79 Å². The molecule has 1 atom stereocenters. The Morgan fingerprint density at radius 2 is 1.83 bits per heavy atom. The highest BCUT2D eigenvalue weighted by Crippen LogP contribution is 2.35. The summed E-state index contributed by atoms with van der Waals surface area (Å²) in [7, 11) is 0. The Hall–Kier alpha value is -3.32. The molecule has 1 aromatic heterocycles. The third kappa shape index (κ3) is 5.20. The number of rotatable bonds is 7. The lowest BCUT2D eigenvalue weighted by molar-refractivity contribution is -0.127. The maximum Gasteiger partial charge on any atom is 0.265 e. The van der Waals surface area contributed by atoms with Gasteiger partial charge in [-0.05, 0) is 60.0 Å². The Labute approximate surface area is 209 Å². The lowest BCUT2D eigenvalue weighted by atomic mass is 9.93. The molecular weight excluding hydrogens is 460 g/mol. The highest BCUT2D eigenvalue weighted by Gasteiger charge is 2.35. The second kappa shape index (κ2) is 10.5. The number of benzene rings is 2. The number of nitrogens with one attached hydrogen (secondary N) is 1. The molecule has 1 saturated carbocycles. The number of fused-ring (bicyclic) bond motifs is 1. The molecular formula is C28H30N2O4S. The van der Waals surface area contributed by atoms with Crippen LogP contribution in [0.1, 0.15) is 64.5 Å². The molecule has 1 N–H and O–H groups in total. The summed E-state index contributed by atoms with van der Waals surface area (Å²) in [6.45, 7) is 2.45. The Balaban J connectivity index is 1.53. The summed E-state index contributed by atoms with van der Waals surface area (Å²) in [5, 5.41) is 5.16. The second-order valence-corrected chi connectivity index (χ2v) is 10.1. The number of hydrogen-bond acceptors (Lipinski definition) is 5. The maximum absolute atomic E-state index is 13.9. The number of thiophene rings is 1. The summed E-state index contributed by atoms with van der Waals surface area (Å²) in [4.78, 5) is 30.1. The molecule has 2 aromatic carbocycles. The largest absolute Gasteiger partial charge is 0.454 e. The van der Waals surface area contributed by atoms with Crippen molar-refractivity contribution < 1.29 is 19.1 Å². The average molecular weight is 491 g/mol. The van der Waals surface area contributed by atoms with E-state index in [-0.39, 0.29) is 31.2 Å². The lowest BCUT2D eigenvalue weighted by Crippen LogP contribution is -2.47. The molecule has 2 heterocycles. The van der Waals surface area contributed by atoms with E-state index in [4.69, 9.17) is 9.47 Å². The van der Waals surface area contributed by atoms with Crippen LogP contribution >= 0.6 is 11.3 Å². The Morgan fingerprint density at radius 1 is 1.03 bits per heavy atom. The van der Waals surface area contributed by atoms with E-state index in [9.17, 15) is 9.59 Å². The summed E-state index contributed by atoms with van der Waals surface area (Å²) >= 11 is 1.39. The number of hydrogen-bond donors (Lipinski definition) is 1. The number of nitrogens with zero attached hydrogens (tertiary/aromatic N) is 1. The van der Waals surface area contributed by atoms with Gasteiger partial charge in [0.05, 0.1) is 4.88 Å². The number of carbonyl (C=O) groups excluding carboxylic acids is 2. The first-order valence-corrected chi connectivity index (χ1v) is 13.1. The van der Waals surface area contributed by atoms with Crippen molar-refractivity contribution in [2.45, 2.75) is 57.7 Å². The van der Waals surface area contributed by atoms with Crippen LogP contribution in [0, 0.1) is 6.92 Å². The predicted octanol–water partition coefficient (Wildman–Crippen LogP) is 5.62. The van der Waals surface area contributed by atoms with Crippen molar-refractivity contribution in [2.24, 2.45) is 0 Å². The van der Waals surface area contributed by atoms with Gasteiger partial charge in [0.1, 0.15) is 6.04 Å².